The molecule has 4 saturated heterocycles. The van der Waals surface area contributed by atoms with Crippen LogP contribution in [0.15, 0.2) is 140 Å². The lowest BCUT2D eigenvalue weighted by atomic mass is 9.83. The normalized spacial score (nSPS) is 20.7. The van der Waals surface area contributed by atoms with E-state index in [-0.39, 0.29) is 124 Å². The van der Waals surface area contributed by atoms with Crippen molar-refractivity contribution >= 4 is 105 Å². The van der Waals surface area contributed by atoms with Gasteiger partial charge in [0.15, 0.2) is 0 Å². The zero-order chi connectivity index (χ0) is 95.0. The van der Waals surface area contributed by atoms with Gasteiger partial charge in [0.2, 0.25) is 70.9 Å². The minimum Gasteiger partial charge on any atom is -0.345 e. The first-order valence-corrected chi connectivity index (χ1v) is 50.1. The molecule has 133 heavy (non-hydrogen) atoms. The van der Waals surface area contributed by atoms with Gasteiger partial charge in [-0.05, 0) is 201 Å². The van der Waals surface area contributed by atoms with Crippen molar-refractivity contribution < 1.29 is 61.9 Å². The topological polar surface area (TPSA) is 343 Å². The van der Waals surface area contributed by atoms with Crippen molar-refractivity contribution in [2.45, 2.75) is 309 Å². The van der Waals surface area contributed by atoms with Gasteiger partial charge in [0, 0.05) is 95.3 Å². The van der Waals surface area contributed by atoms with Crippen molar-refractivity contribution in [2.24, 2.45) is 47.3 Å². The number of hydrogen-bond acceptors (Lipinski definition) is 13. The quantitative estimate of drug-likeness (QED) is 0.0203. The molecule has 0 bridgehead atoms. The SMILES string of the molecule is CC[C@@H](C)C(=O)N[C@H](C(=O)N1CCC[C@H]1C(=O)Nc1ccccc1)C1CCCCC1.CC[C@@H](C)C(=O)N[C@H](C(=O)N1CCC[C@H]1C(=O)Nc1ccccc1-c1ccccc1Cl)C1CCCCC1.CC[C@@H](C)C(=O)N[C@H](C(=O)N1CCC[C@H]1C(=O)Nc1ccccc1-c1ncc[nH]1)C1CCCCC1.CC[C@@H](C)C(=O)N[C@H](C(=O)N1CCC[C@H]1C(=O)Nc1ccccc1F)C1CCCCC1. The van der Waals surface area contributed by atoms with Crippen LogP contribution in [0.1, 0.15) is 261 Å². The number of H-pyrrole nitrogens is 1. The molecule has 0 spiro atoms. The molecule has 4 saturated carbocycles. The summed E-state index contributed by atoms with van der Waals surface area (Å²) in [6.45, 7) is 17.5. The number of likely N-dealkylation sites (tertiary alicyclic amines) is 4. The highest BCUT2D eigenvalue weighted by Crippen LogP contribution is 2.39. The van der Waals surface area contributed by atoms with Crippen LogP contribution in [0.3, 0.4) is 0 Å². The molecule has 4 aliphatic heterocycles. The van der Waals surface area contributed by atoms with Crippen LogP contribution in [0.2, 0.25) is 5.02 Å². The number of rotatable bonds is 30. The van der Waals surface area contributed by atoms with E-state index in [4.69, 9.17) is 11.6 Å². The number of carbonyl (C=O) groups excluding carboxylic acids is 12. The van der Waals surface area contributed by atoms with Gasteiger partial charge in [0.25, 0.3) is 0 Å². The van der Waals surface area contributed by atoms with E-state index in [2.05, 4.69) is 52.5 Å². The van der Waals surface area contributed by atoms with Crippen LogP contribution in [0, 0.1) is 53.2 Å². The Morgan fingerprint density at radius 1 is 0.346 bits per heavy atom. The van der Waals surface area contributed by atoms with Crippen molar-refractivity contribution in [3.63, 3.8) is 0 Å². The first-order chi connectivity index (χ1) is 64.3. The summed E-state index contributed by atoms with van der Waals surface area (Å²) in [5, 5.41) is 24.5. The fourth-order valence-electron chi connectivity index (χ4n) is 19.9. The van der Waals surface area contributed by atoms with Gasteiger partial charge in [-0.25, -0.2) is 9.37 Å². The van der Waals surface area contributed by atoms with Crippen molar-refractivity contribution in [1.82, 2.24) is 50.8 Å². The average Bonchev–Trinajstić information content (AvgIpc) is 1.76. The number of nitrogens with one attached hydrogen (secondary N) is 9. The molecule has 4 aliphatic carbocycles. The predicted octanol–water partition coefficient (Wildman–Crippen LogP) is 17.8. The first kappa shape index (κ1) is 103. The second-order valence-corrected chi connectivity index (χ2v) is 38.3. The van der Waals surface area contributed by atoms with Crippen LogP contribution in [-0.2, 0) is 57.5 Å². The molecule has 5 aromatic carbocycles. The number of amides is 12. The lowest BCUT2D eigenvalue weighted by Crippen LogP contribution is -2.56. The van der Waals surface area contributed by atoms with Crippen LogP contribution in [0.5, 0.6) is 0 Å². The maximum Gasteiger partial charge on any atom is 0.247 e. The molecule has 8 aliphatic rings. The van der Waals surface area contributed by atoms with Crippen LogP contribution in [-0.4, -0.2) is 175 Å². The van der Waals surface area contributed by atoms with Gasteiger partial charge in [-0.2, -0.15) is 0 Å². The second kappa shape index (κ2) is 51.6. The van der Waals surface area contributed by atoms with Crippen LogP contribution in [0.4, 0.5) is 27.1 Å². The number of halogens is 2. The van der Waals surface area contributed by atoms with E-state index in [1.807, 2.05) is 159 Å². The van der Waals surface area contributed by atoms with Gasteiger partial charge in [-0.1, -0.05) is 223 Å². The number of carbonyl (C=O) groups is 12. The number of aromatic nitrogens is 2. The van der Waals surface area contributed by atoms with Crippen molar-refractivity contribution in [2.75, 3.05) is 47.4 Å². The molecule has 8 fully saturated rings. The van der Waals surface area contributed by atoms with Crippen LogP contribution >= 0.6 is 11.6 Å². The van der Waals surface area contributed by atoms with Crippen molar-refractivity contribution in [1.29, 1.82) is 0 Å². The zero-order valence-electron chi connectivity index (χ0n) is 79.4. The Balaban J connectivity index is 0.000000171. The number of nitrogens with zero attached hydrogens (tertiary/aromatic N) is 5. The van der Waals surface area contributed by atoms with Gasteiger partial charge in [-0.3, -0.25) is 57.5 Å². The number of anilines is 4. The third-order valence-electron chi connectivity index (χ3n) is 28.8. The zero-order valence-corrected chi connectivity index (χ0v) is 80.1. The fraction of sp³-hybridized carbons (Fsp3) is 0.571. The summed E-state index contributed by atoms with van der Waals surface area (Å²) in [6.07, 6.45) is 32.3. The summed E-state index contributed by atoms with van der Waals surface area (Å²) < 4.78 is 14.0. The summed E-state index contributed by atoms with van der Waals surface area (Å²) in [5.74, 6) is -1.77. The molecule has 28 heteroatoms. The highest BCUT2D eigenvalue weighted by atomic mass is 35.5. The lowest BCUT2D eigenvalue weighted by Gasteiger charge is -2.35. The van der Waals surface area contributed by atoms with Crippen molar-refractivity contribution in [3.05, 3.63) is 151 Å². The molecule has 0 unspecified atom stereocenters. The Morgan fingerprint density at radius 3 is 0.955 bits per heavy atom. The molecule has 0 radical (unpaired) electrons. The highest BCUT2D eigenvalue weighted by molar-refractivity contribution is 6.33. The Bertz CT molecular complexity index is 4840. The van der Waals surface area contributed by atoms with Gasteiger partial charge >= 0.3 is 0 Å². The van der Waals surface area contributed by atoms with E-state index in [9.17, 15) is 61.9 Å². The fourth-order valence-corrected chi connectivity index (χ4v) is 20.2. The molecule has 5 heterocycles. The van der Waals surface area contributed by atoms with Gasteiger partial charge in [0.1, 0.15) is 60.0 Å². The molecule has 720 valence electrons. The Labute approximate surface area is 790 Å². The Kier molecular flexibility index (Phi) is 39.8. The van der Waals surface area contributed by atoms with Crippen molar-refractivity contribution in [3.8, 4) is 22.5 Å². The predicted molar refractivity (Wildman–Crippen MR) is 519 cm³/mol. The third-order valence-corrected chi connectivity index (χ3v) is 29.1. The van der Waals surface area contributed by atoms with Crippen LogP contribution in [0.25, 0.3) is 22.5 Å². The maximum atomic E-state index is 14.0. The summed E-state index contributed by atoms with van der Waals surface area (Å²) in [6, 6.07) is 33.4. The van der Waals surface area contributed by atoms with E-state index in [0.29, 0.717) is 86.9 Å². The average molecular weight is 1850 g/mol. The Hall–Kier alpha value is -10.8. The molecular formula is C105H144ClFN14O12. The number of aromatic amines is 1. The Morgan fingerprint density at radius 2 is 0.632 bits per heavy atom. The minimum atomic E-state index is -0.654. The number of para-hydroxylation sites is 4. The van der Waals surface area contributed by atoms with E-state index in [1.165, 1.54) is 25.0 Å². The van der Waals surface area contributed by atoms with E-state index < -0.39 is 54.2 Å². The molecule has 26 nitrogen and oxygen atoms in total. The standard InChI is InChI=1S/C30H38ClN3O3.C27H37N5O3.C24H34FN3O3.C24H35N3O3/c1-3-20(2)28(35)33-27(21-12-5-4-6-13-21)30(37)34-19-11-18-26(34)29(36)32-25-17-10-8-15-23(25)22-14-7-9-16-24(22)31;1-3-18(2)25(33)31-23(19-10-5-4-6-11-19)27(35)32-17-9-14-22(32)26(34)30-21-13-8-7-12-20(21)24-28-15-16-29-24;1-3-16(2)22(29)27-21(17-10-5-4-6-11-17)24(31)28-15-9-14-20(28)23(30)26-19-13-8-7-12-18(19)25;1-3-17(2)22(28)26-21(18-11-6-4-7-12-18)24(30)27-16-10-15-20(27)23(29)25-19-13-8-5-9-14-19/h7-10,14-17,20-21,26-27H,3-6,11-13,18-19H2,1-2H3,(H,32,36)(H,33,35);7-8,12-13,15-16,18-19,22-23H,3-6,9-11,14,17H2,1-2H3,(H,28,29)(H,30,34)(H,31,33);7-8,12-13,16-17,20-21H,3-6,9-11,14-15H2,1-2H3,(H,26,30)(H,27,29);5,8-9,13-14,17-18,20-21H,3-4,6-7,10-12,15-16H2,1-2H3,(H,25,29)(H,26,28)/t20-,26+,27+;18-,22+,23+;16-,20+,21+;17-,20+,21+/m1111/s1. The van der Waals surface area contributed by atoms with Crippen LogP contribution < -0.4 is 42.5 Å². The summed E-state index contributed by atoms with van der Waals surface area (Å²) in [7, 11) is 0. The molecule has 12 atom stereocenters. The summed E-state index contributed by atoms with van der Waals surface area (Å²) in [4.78, 5) is 173. The monoisotopic (exact) mass is 1850 g/mol. The summed E-state index contributed by atoms with van der Waals surface area (Å²) >= 11 is 6.44. The molecule has 9 N–H and O–H groups in total. The number of hydrogen-bond donors (Lipinski definition) is 9. The molecular weight excluding hydrogens is 1700 g/mol. The minimum absolute atomic E-state index is 0.0640. The number of benzene rings is 5. The molecule has 6 aromatic rings. The lowest BCUT2D eigenvalue weighted by molar-refractivity contribution is -0.142. The largest absolute Gasteiger partial charge is 0.345 e. The van der Waals surface area contributed by atoms with Gasteiger partial charge in [-0.15, -0.1) is 0 Å². The van der Waals surface area contributed by atoms with E-state index in [1.54, 1.807) is 44.1 Å². The summed E-state index contributed by atoms with van der Waals surface area (Å²) in [5.41, 5.74) is 4.62. The molecule has 1 aromatic heterocycles. The second-order valence-electron chi connectivity index (χ2n) is 37.8. The number of imidazole rings is 1. The smallest absolute Gasteiger partial charge is 0.247 e. The van der Waals surface area contributed by atoms with Gasteiger partial charge in [0.05, 0.1) is 11.4 Å². The molecule has 12 amide bonds. The highest BCUT2D eigenvalue weighted by Gasteiger charge is 2.47. The van der Waals surface area contributed by atoms with E-state index >= 15 is 0 Å². The molecule has 14 rings (SSSR count). The van der Waals surface area contributed by atoms with E-state index in [0.717, 1.165) is 176 Å². The maximum absolute atomic E-state index is 14.0. The first-order valence-electron chi connectivity index (χ1n) is 49.7. The third kappa shape index (κ3) is 27.9. The van der Waals surface area contributed by atoms with Gasteiger partial charge < -0.3 is 67.1 Å².